The van der Waals surface area contributed by atoms with Gasteiger partial charge in [-0.05, 0) is 47.5 Å². The number of benzene rings is 2. The van der Waals surface area contributed by atoms with E-state index < -0.39 is 0 Å². The quantitative estimate of drug-likeness (QED) is 0.846. The summed E-state index contributed by atoms with van der Waals surface area (Å²) < 4.78 is 16.2. The number of rotatable bonds is 4. The molecular weight excluding hydrogens is 276 g/mol. The van der Waals surface area contributed by atoms with Crippen LogP contribution in [0.2, 0.25) is 0 Å². The average molecular weight is 294 g/mol. The summed E-state index contributed by atoms with van der Waals surface area (Å²) in [7, 11) is 3.33. The first-order valence-corrected chi connectivity index (χ1v) is 7.12. The molecule has 0 radical (unpaired) electrons. The number of hydrogen-bond donors (Lipinski definition) is 0. The molecule has 112 valence electrons. The summed E-state index contributed by atoms with van der Waals surface area (Å²) in [6, 6.07) is 13.8. The van der Waals surface area contributed by atoms with Gasteiger partial charge in [0.05, 0.1) is 14.2 Å². The predicted octanol–water partition coefficient (Wildman–Crippen LogP) is 4.19. The summed E-state index contributed by atoms with van der Waals surface area (Å²) in [5.74, 6) is 2.58. The summed E-state index contributed by atoms with van der Waals surface area (Å²) in [6.07, 6.45) is 6.27. The van der Waals surface area contributed by atoms with Gasteiger partial charge in [-0.2, -0.15) is 0 Å². The molecule has 0 saturated heterocycles. The van der Waals surface area contributed by atoms with E-state index in [1.54, 1.807) is 14.2 Å². The molecule has 3 nitrogen and oxygen atoms in total. The Labute approximate surface area is 130 Å². The highest BCUT2D eigenvalue weighted by atomic mass is 16.5. The van der Waals surface area contributed by atoms with Crippen molar-refractivity contribution in [3.63, 3.8) is 0 Å². The Balaban J connectivity index is 1.79. The van der Waals surface area contributed by atoms with E-state index in [1.807, 2.05) is 42.5 Å². The van der Waals surface area contributed by atoms with Gasteiger partial charge < -0.3 is 14.2 Å². The predicted molar refractivity (Wildman–Crippen MR) is 88.5 cm³/mol. The van der Waals surface area contributed by atoms with E-state index in [-0.39, 0.29) is 0 Å². The van der Waals surface area contributed by atoms with E-state index in [9.17, 15) is 0 Å². The van der Waals surface area contributed by atoms with Gasteiger partial charge in [0.15, 0.2) is 0 Å². The fourth-order valence-corrected chi connectivity index (χ4v) is 2.31. The lowest BCUT2D eigenvalue weighted by Crippen LogP contribution is -2.05. The largest absolute Gasteiger partial charge is 0.497 e. The summed E-state index contributed by atoms with van der Waals surface area (Å²) in [5, 5.41) is 0. The van der Waals surface area contributed by atoms with E-state index in [1.165, 1.54) is 0 Å². The molecular formula is C19H18O3. The highest BCUT2D eigenvalue weighted by Gasteiger charge is 2.10. The van der Waals surface area contributed by atoms with E-state index in [0.717, 1.165) is 33.9 Å². The van der Waals surface area contributed by atoms with Crippen molar-refractivity contribution in [2.24, 2.45) is 0 Å². The second-order valence-electron chi connectivity index (χ2n) is 5.02. The Morgan fingerprint density at radius 2 is 1.64 bits per heavy atom. The Hall–Kier alpha value is -2.68. The topological polar surface area (TPSA) is 27.7 Å². The minimum atomic E-state index is 0.575. The van der Waals surface area contributed by atoms with Crippen LogP contribution in [0.3, 0.4) is 0 Å². The smallest absolute Gasteiger partial charge is 0.127 e. The lowest BCUT2D eigenvalue weighted by molar-refractivity contribution is 0.349. The highest BCUT2D eigenvalue weighted by molar-refractivity contribution is 5.68. The first kappa shape index (κ1) is 14.3. The van der Waals surface area contributed by atoms with Crippen LogP contribution in [-0.4, -0.2) is 20.8 Å². The minimum Gasteiger partial charge on any atom is -0.497 e. The molecule has 0 aliphatic carbocycles. The lowest BCUT2D eigenvalue weighted by Gasteiger charge is -2.16. The summed E-state index contributed by atoms with van der Waals surface area (Å²) >= 11 is 0. The van der Waals surface area contributed by atoms with Crippen molar-refractivity contribution >= 4 is 12.2 Å². The number of ether oxygens (including phenoxy) is 3. The van der Waals surface area contributed by atoms with Gasteiger partial charge in [-0.1, -0.05) is 24.3 Å². The van der Waals surface area contributed by atoms with Gasteiger partial charge in [-0.25, -0.2) is 0 Å². The maximum Gasteiger partial charge on any atom is 0.127 e. The minimum absolute atomic E-state index is 0.575. The monoisotopic (exact) mass is 294 g/mol. The first-order chi connectivity index (χ1) is 10.8. The highest BCUT2D eigenvalue weighted by Crippen LogP contribution is 2.30. The Kier molecular flexibility index (Phi) is 4.15. The van der Waals surface area contributed by atoms with Crippen LogP contribution in [0.1, 0.15) is 11.1 Å². The van der Waals surface area contributed by atoms with Gasteiger partial charge in [0, 0.05) is 5.56 Å². The maximum atomic E-state index is 5.77. The first-order valence-electron chi connectivity index (χ1n) is 7.12. The molecule has 2 aromatic rings. The summed E-state index contributed by atoms with van der Waals surface area (Å²) in [4.78, 5) is 0. The molecule has 1 aliphatic heterocycles. The Bertz CT molecular complexity index is 712. The van der Waals surface area contributed by atoms with Crippen LogP contribution >= 0.6 is 0 Å². The molecule has 0 unspecified atom stereocenters. The second-order valence-corrected chi connectivity index (χ2v) is 5.02. The van der Waals surface area contributed by atoms with Crippen LogP contribution in [0.25, 0.3) is 12.2 Å². The molecule has 1 aliphatic rings. The zero-order chi connectivity index (χ0) is 15.4. The van der Waals surface area contributed by atoms with Crippen LogP contribution in [-0.2, 0) is 0 Å². The molecule has 2 aromatic carbocycles. The van der Waals surface area contributed by atoms with Crippen molar-refractivity contribution in [2.45, 2.75) is 0 Å². The Morgan fingerprint density at radius 3 is 2.36 bits per heavy atom. The zero-order valence-electron chi connectivity index (χ0n) is 12.7. The van der Waals surface area contributed by atoms with Crippen LogP contribution in [0.5, 0.6) is 17.2 Å². The van der Waals surface area contributed by atoms with E-state index >= 15 is 0 Å². The molecule has 0 aromatic heterocycles. The molecule has 3 rings (SSSR count). The fraction of sp³-hybridized carbons (Fsp3) is 0.158. The molecule has 0 fully saturated rings. The van der Waals surface area contributed by atoms with Crippen LogP contribution in [0.15, 0.2) is 54.1 Å². The zero-order valence-corrected chi connectivity index (χ0v) is 12.7. The molecule has 1 heterocycles. The maximum absolute atomic E-state index is 5.77. The standard InChI is InChI=1S/C19H18O3/c1-20-17-7-5-14(6-8-17)3-4-15-11-16-12-18(21-2)9-10-19(16)22-13-15/h3-12H,13H2,1-2H3/b4-3+. The third-order valence-corrected chi connectivity index (χ3v) is 3.56. The van der Waals surface area contributed by atoms with Crippen molar-refractivity contribution in [1.29, 1.82) is 0 Å². The van der Waals surface area contributed by atoms with Crippen molar-refractivity contribution in [3.05, 3.63) is 65.2 Å². The van der Waals surface area contributed by atoms with Crippen LogP contribution in [0, 0.1) is 0 Å². The van der Waals surface area contributed by atoms with E-state index in [2.05, 4.69) is 18.2 Å². The van der Waals surface area contributed by atoms with Gasteiger partial charge in [0.1, 0.15) is 23.9 Å². The van der Waals surface area contributed by atoms with Gasteiger partial charge in [0.25, 0.3) is 0 Å². The molecule has 0 atom stereocenters. The number of hydrogen-bond acceptors (Lipinski definition) is 3. The van der Waals surface area contributed by atoms with Crippen molar-refractivity contribution in [2.75, 3.05) is 20.8 Å². The van der Waals surface area contributed by atoms with E-state index in [0.29, 0.717) is 6.61 Å². The van der Waals surface area contributed by atoms with Crippen LogP contribution < -0.4 is 14.2 Å². The molecule has 0 amide bonds. The summed E-state index contributed by atoms with van der Waals surface area (Å²) in [6.45, 7) is 0.575. The van der Waals surface area contributed by atoms with Crippen LogP contribution in [0.4, 0.5) is 0 Å². The molecule has 0 spiro atoms. The van der Waals surface area contributed by atoms with Gasteiger partial charge in [0.2, 0.25) is 0 Å². The average Bonchev–Trinajstić information content (AvgIpc) is 2.59. The summed E-state index contributed by atoms with van der Waals surface area (Å²) in [5.41, 5.74) is 3.29. The normalized spacial score (nSPS) is 13.3. The third-order valence-electron chi connectivity index (χ3n) is 3.56. The second kappa shape index (κ2) is 6.39. The van der Waals surface area contributed by atoms with Gasteiger partial charge >= 0.3 is 0 Å². The number of fused-ring (bicyclic) bond motifs is 1. The third kappa shape index (κ3) is 3.14. The SMILES string of the molecule is COc1ccc(/C=C/C2=Cc3cc(OC)ccc3OC2)cc1. The molecule has 3 heteroatoms. The van der Waals surface area contributed by atoms with Crippen molar-refractivity contribution in [3.8, 4) is 17.2 Å². The van der Waals surface area contributed by atoms with Crippen molar-refractivity contribution in [1.82, 2.24) is 0 Å². The molecule has 0 bridgehead atoms. The number of methoxy groups -OCH3 is 2. The van der Waals surface area contributed by atoms with Gasteiger partial charge in [-0.15, -0.1) is 0 Å². The molecule has 22 heavy (non-hydrogen) atoms. The van der Waals surface area contributed by atoms with Gasteiger partial charge in [-0.3, -0.25) is 0 Å². The Morgan fingerprint density at radius 1 is 0.909 bits per heavy atom. The lowest BCUT2D eigenvalue weighted by atomic mass is 10.1. The van der Waals surface area contributed by atoms with E-state index in [4.69, 9.17) is 14.2 Å². The molecule has 0 N–H and O–H groups in total. The fourth-order valence-electron chi connectivity index (χ4n) is 2.31. The molecule has 0 saturated carbocycles. The van der Waals surface area contributed by atoms with Crippen molar-refractivity contribution < 1.29 is 14.2 Å².